The number of carbonyl (C=O) groups is 1. The van der Waals surface area contributed by atoms with Crippen molar-refractivity contribution in [1.29, 1.82) is 0 Å². The first kappa shape index (κ1) is 10.2. The highest BCUT2D eigenvalue weighted by molar-refractivity contribution is 6.03. The molecule has 0 saturated carbocycles. The number of hydrogen-bond acceptors (Lipinski definition) is 2. The largest absolute Gasteiger partial charge is 0.465 e. The molecule has 0 fully saturated rings. The molecule has 0 radical (unpaired) electrons. The van der Waals surface area contributed by atoms with Crippen molar-refractivity contribution in [2.45, 2.75) is 0 Å². The second-order valence-corrected chi connectivity index (χ2v) is 3.18. The molecule has 0 bridgehead atoms. The summed E-state index contributed by atoms with van der Waals surface area (Å²) in [4.78, 5) is 14.3. The highest BCUT2D eigenvalue weighted by Crippen LogP contribution is 2.02. The molecule has 0 aliphatic carbocycles. The van der Waals surface area contributed by atoms with Crippen LogP contribution in [0.15, 0.2) is 59.4 Å². The van der Waals surface area contributed by atoms with Crippen LogP contribution in [0.3, 0.4) is 0 Å². The van der Waals surface area contributed by atoms with Gasteiger partial charge in [-0.25, -0.2) is 0 Å². The van der Waals surface area contributed by atoms with Crippen LogP contribution in [0, 0.1) is 0 Å². The Morgan fingerprint density at radius 3 is 2.88 bits per heavy atom. The highest BCUT2D eigenvalue weighted by Gasteiger charge is 1.99. The summed E-state index contributed by atoms with van der Waals surface area (Å²) in [5.74, 6) is 0.714. The Morgan fingerprint density at radius 1 is 1.25 bits per heavy atom. The molecule has 0 spiro atoms. The number of furan rings is 1. The molecule has 0 aliphatic rings. The molecule has 80 valence electrons. The fourth-order valence-corrected chi connectivity index (χ4v) is 1.25. The zero-order valence-electron chi connectivity index (χ0n) is 8.59. The van der Waals surface area contributed by atoms with Crippen LogP contribution in [0.4, 0.5) is 0 Å². The van der Waals surface area contributed by atoms with E-state index >= 15 is 0 Å². The van der Waals surface area contributed by atoms with E-state index in [1.165, 1.54) is 6.08 Å². The lowest BCUT2D eigenvalue weighted by Crippen LogP contribution is -1.92. The first-order valence-corrected chi connectivity index (χ1v) is 4.92. The predicted octanol–water partition coefficient (Wildman–Crippen LogP) is 3.06. The molecule has 2 rings (SSSR count). The Morgan fingerprint density at radius 2 is 2.19 bits per heavy atom. The SMILES string of the molecule is O=C(/C=C/C=C/c1ccco1)c1ccc[nH]1. The Balaban J connectivity index is 1.93. The molecule has 0 atom stereocenters. The summed E-state index contributed by atoms with van der Waals surface area (Å²) >= 11 is 0. The Labute approximate surface area is 93.1 Å². The van der Waals surface area contributed by atoms with Crippen LogP contribution in [0.5, 0.6) is 0 Å². The molecule has 16 heavy (non-hydrogen) atoms. The van der Waals surface area contributed by atoms with Gasteiger partial charge in [-0.3, -0.25) is 4.79 Å². The minimum Gasteiger partial charge on any atom is -0.465 e. The van der Waals surface area contributed by atoms with Crippen molar-refractivity contribution in [3.05, 3.63) is 66.4 Å². The van der Waals surface area contributed by atoms with Crippen LogP contribution >= 0.6 is 0 Å². The molecular formula is C13H11NO2. The van der Waals surface area contributed by atoms with Crippen molar-refractivity contribution in [2.24, 2.45) is 0 Å². The van der Waals surface area contributed by atoms with E-state index in [4.69, 9.17) is 4.42 Å². The van der Waals surface area contributed by atoms with Gasteiger partial charge in [-0.15, -0.1) is 0 Å². The maximum Gasteiger partial charge on any atom is 0.201 e. The van der Waals surface area contributed by atoms with Crippen LogP contribution < -0.4 is 0 Å². The molecule has 3 nitrogen and oxygen atoms in total. The number of ketones is 1. The maximum absolute atomic E-state index is 11.5. The maximum atomic E-state index is 11.5. The van der Waals surface area contributed by atoms with Gasteiger partial charge in [-0.2, -0.15) is 0 Å². The molecule has 0 aromatic carbocycles. The number of hydrogen-bond donors (Lipinski definition) is 1. The monoisotopic (exact) mass is 213 g/mol. The third-order valence-corrected chi connectivity index (χ3v) is 2.03. The molecule has 0 amide bonds. The van der Waals surface area contributed by atoms with Gasteiger partial charge >= 0.3 is 0 Å². The lowest BCUT2D eigenvalue weighted by atomic mass is 10.2. The van der Waals surface area contributed by atoms with Crippen molar-refractivity contribution >= 4 is 11.9 Å². The molecule has 1 N–H and O–H groups in total. The molecule has 0 aliphatic heterocycles. The molecule has 3 heteroatoms. The quantitative estimate of drug-likeness (QED) is 0.482. The summed E-state index contributed by atoms with van der Waals surface area (Å²) in [6.07, 6.45) is 10.1. The second-order valence-electron chi connectivity index (χ2n) is 3.18. The number of nitrogens with one attached hydrogen (secondary N) is 1. The molecule has 0 saturated heterocycles. The summed E-state index contributed by atoms with van der Waals surface area (Å²) in [6, 6.07) is 7.19. The van der Waals surface area contributed by atoms with Crippen molar-refractivity contribution in [2.75, 3.05) is 0 Å². The lowest BCUT2D eigenvalue weighted by molar-refractivity contribution is 0.104. The standard InChI is InChI=1S/C13H11NO2/c15-13(12-7-3-9-14-12)8-2-1-5-11-6-4-10-16-11/h1-10,14H/b5-1+,8-2+. The van der Waals surface area contributed by atoms with Gasteiger partial charge in [-0.05, 0) is 36.4 Å². The van der Waals surface area contributed by atoms with E-state index in [1.54, 1.807) is 42.8 Å². The summed E-state index contributed by atoms with van der Waals surface area (Å²) < 4.78 is 5.10. The number of H-pyrrole nitrogens is 1. The molecule has 2 aromatic rings. The smallest absolute Gasteiger partial charge is 0.201 e. The minimum absolute atomic E-state index is 0.0471. The van der Waals surface area contributed by atoms with Crippen LogP contribution in [-0.4, -0.2) is 10.8 Å². The molecule has 0 unspecified atom stereocenters. The van der Waals surface area contributed by atoms with Gasteiger partial charge in [0, 0.05) is 6.20 Å². The van der Waals surface area contributed by atoms with Crippen molar-refractivity contribution in [1.82, 2.24) is 4.98 Å². The second kappa shape index (κ2) is 4.98. The Kier molecular flexibility index (Phi) is 3.18. The molecule has 2 aromatic heterocycles. The van der Waals surface area contributed by atoms with E-state index in [9.17, 15) is 4.79 Å². The summed E-state index contributed by atoms with van der Waals surface area (Å²) in [7, 11) is 0. The van der Waals surface area contributed by atoms with Crippen LogP contribution in [0.2, 0.25) is 0 Å². The summed E-state index contributed by atoms with van der Waals surface area (Å²) in [5.41, 5.74) is 0.586. The highest BCUT2D eigenvalue weighted by atomic mass is 16.3. The van der Waals surface area contributed by atoms with E-state index < -0.39 is 0 Å². The van der Waals surface area contributed by atoms with Crippen molar-refractivity contribution in [3.8, 4) is 0 Å². The van der Waals surface area contributed by atoms with Gasteiger partial charge in [0.1, 0.15) is 5.76 Å². The molecular weight excluding hydrogens is 202 g/mol. The number of allylic oxidation sites excluding steroid dienone is 3. The van der Waals surface area contributed by atoms with E-state index in [0.29, 0.717) is 5.69 Å². The number of rotatable bonds is 4. The van der Waals surface area contributed by atoms with Gasteiger partial charge in [0.25, 0.3) is 0 Å². The van der Waals surface area contributed by atoms with Gasteiger partial charge in [-0.1, -0.05) is 12.2 Å². The van der Waals surface area contributed by atoms with Crippen molar-refractivity contribution < 1.29 is 9.21 Å². The van der Waals surface area contributed by atoms with E-state index in [0.717, 1.165) is 5.76 Å². The molecule has 2 heterocycles. The first-order valence-electron chi connectivity index (χ1n) is 4.92. The zero-order valence-corrected chi connectivity index (χ0v) is 8.59. The van der Waals surface area contributed by atoms with Crippen LogP contribution in [0.1, 0.15) is 16.2 Å². The normalized spacial score (nSPS) is 11.5. The van der Waals surface area contributed by atoms with E-state index in [2.05, 4.69) is 4.98 Å². The third kappa shape index (κ3) is 2.60. The number of aromatic amines is 1. The van der Waals surface area contributed by atoms with Crippen LogP contribution in [0.25, 0.3) is 6.08 Å². The summed E-state index contributed by atoms with van der Waals surface area (Å²) in [5, 5.41) is 0. The fraction of sp³-hybridized carbons (Fsp3) is 0. The van der Waals surface area contributed by atoms with Gasteiger partial charge < -0.3 is 9.40 Å². The van der Waals surface area contributed by atoms with Gasteiger partial charge in [0.2, 0.25) is 5.78 Å². The number of aromatic nitrogens is 1. The van der Waals surface area contributed by atoms with E-state index in [-0.39, 0.29) is 5.78 Å². The minimum atomic E-state index is -0.0471. The lowest BCUT2D eigenvalue weighted by Gasteiger charge is -1.86. The Hall–Kier alpha value is -2.29. The predicted molar refractivity (Wildman–Crippen MR) is 62.0 cm³/mol. The summed E-state index contributed by atoms with van der Waals surface area (Å²) in [6.45, 7) is 0. The van der Waals surface area contributed by atoms with Gasteiger partial charge in [0.15, 0.2) is 0 Å². The average molecular weight is 213 g/mol. The van der Waals surface area contributed by atoms with E-state index in [1.807, 2.05) is 12.1 Å². The van der Waals surface area contributed by atoms with Crippen LogP contribution in [-0.2, 0) is 0 Å². The van der Waals surface area contributed by atoms with Gasteiger partial charge in [0.05, 0.1) is 12.0 Å². The zero-order chi connectivity index (χ0) is 11.2. The third-order valence-electron chi connectivity index (χ3n) is 2.03. The average Bonchev–Trinajstić information content (AvgIpc) is 2.96. The fourth-order valence-electron chi connectivity index (χ4n) is 1.25. The van der Waals surface area contributed by atoms with Crippen molar-refractivity contribution in [3.63, 3.8) is 0 Å². The topological polar surface area (TPSA) is 46.0 Å². The first-order chi connectivity index (χ1) is 7.86. The Bertz CT molecular complexity index is 490. The number of carbonyl (C=O) groups excluding carboxylic acids is 1.